The van der Waals surface area contributed by atoms with E-state index in [4.69, 9.17) is 16.3 Å². The van der Waals surface area contributed by atoms with Crippen LogP contribution < -0.4 is 10.6 Å². The van der Waals surface area contributed by atoms with Gasteiger partial charge in [0, 0.05) is 17.0 Å². The zero-order valence-electron chi connectivity index (χ0n) is 18.6. The molecule has 2 aliphatic rings. The quantitative estimate of drug-likeness (QED) is 0.489. The standard InChI is InChI=1S/C28H29ClN2O2/c29-21-9-5-7-19(15-21)16-27(20-8-6-14-30-17-20)31-28(32)33-18-26-24-12-3-1-10-22(24)23-11-2-4-13-25(23)26/h1-5,7,9-13,15,20,26-27,30H,6,8,14,16-18H2,(H,31,32). The Hall–Kier alpha value is -2.82. The van der Waals surface area contributed by atoms with Crippen LogP contribution in [0.4, 0.5) is 4.79 Å². The van der Waals surface area contributed by atoms with Crippen LogP contribution in [0, 0.1) is 5.92 Å². The molecule has 33 heavy (non-hydrogen) atoms. The summed E-state index contributed by atoms with van der Waals surface area (Å²) in [5.74, 6) is 0.420. The molecular formula is C28H29ClN2O2. The molecule has 1 fully saturated rings. The van der Waals surface area contributed by atoms with Crippen molar-refractivity contribution in [3.8, 4) is 11.1 Å². The average Bonchev–Trinajstić information content (AvgIpc) is 3.17. The van der Waals surface area contributed by atoms with Gasteiger partial charge in [0.05, 0.1) is 0 Å². The highest BCUT2D eigenvalue weighted by Gasteiger charge is 2.30. The predicted octanol–water partition coefficient (Wildman–Crippen LogP) is 5.79. The number of rotatable bonds is 6. The number of carbonyl (C=O) groups is 1. The van der Waals surface area contributed by atoms with Crippen LogP contribution in [0.5, 0.6) is 0 Å². The van der Waals surface area contributed by atoms with E-state index in [1.165, 1.54) is 22.3 Å². The lowest BCUT2D eigenvalue weighted by molar-refractivity contribution is 0.133. The first-order valence-corrected chi connectivity index (χ1v) is 12.1. The van der Waals surface area contributed by atoms with Gasteiger partial charge in [-0.3, -0.25) is 0 Å². The number of piperidine rings is 1. The summed E-state index contributed by atoms with van der Waals surface area (Å²) < 4.78 is 5.83. The molecule has 0 spiro atoms. The normalized spacial score (nSPS) is 18.3. The van der Waals surface area contributed by atoms with Gasteiger partial charge < -0.3 is 15.4 Å². The number of fused-ring (bicyclic) bond motifs is 3. The highest BCUT2D eigenvalue weighted by molar-refractivity contribution is 6.30. The monoisotopic (exact) mass is 460 g/mol. The number of nitrogens with one attached hydrogen (secondary N) is 2. The van der Waals surface area contributed by atoms with E-state index in [0.29, 0.717) is 17.5 Å². The van der Waals surface area contributed by atoms with Crippen LogP contribution in [-0.4, -0.2) is 31.8 Å². The van der Waals surface area contributed by atoms with Crippen molar-refractivity contribution in [2.24, 2.45) is 5.92 Å². The second kappa shape index (κ2) is 9.98. The average molecular weight is 461 g/mol. The maximum absolute atomic E-state index is 13.0. The Balaban J connectivity index is 1.28. The maximum Gasteiger partial charge on any atom is 0.407 e. The summed E-state index contributed by atoms with van der Waals surface area (Å²) in [6.07, 6.45) is 2.58. The SMILES string of the molecule is O=C(NC(Cc1cccc(Cl)c1)C1CCCNC1)OCC1c2ccccc2-c2ccccc21. The molecule has 1 saturated heterocycles. The molecule has 3 aromatic carbocycles. The second-order valence-corrected chi connectivity index (χ2v) is 9.45. The largest absolute Gasteiger partial charge is 0.449 e. The fourth-order valence-electron chi connectivity index (χ4n) is 5.27. The summed E-state index contributed by atoms with van der Waals surface area (Å²) in [5.41, 5.74) is 6.03. The fourth-order valence-corrected chi connectivity index (χ4v) is 5.48. The Morgan fingerprint density at radius 3 is 2.42 bits per heavy atom. The number of amides is 1. The third kappa shape index (κ3) is 4.92. The van der Waals surface area contributed by atoms with E-state index in [2.05, 4.69) is 65.2 Å². The fraction of sp³-hybridized carbons (Fsp3) is 0.321. The number of benzene rings is 3. The molecule has 0 bridgehead atoms. The molecule has 2 N–H and O–H groups in total. The smallest absolute Gasteiger partial charge is 0.407 e. The van der Waals surface area contributed by atoms with Crippen molar-refractivity contribution in [3.05, 3.63) is 94.5 Å². The molecule has 2 unspecified atom stereocenters. The highest BCUT2D eigenvalue weighted by atomic mass is 35.5. The van der Waals surface area contributed by atoms with Crippen LogP contribution in [-0.2, 0) is 11.2 Å². The van der Waals surface area contributed by atoms with Crippen LogP contribution in [0.2, 0.25) is 5.02 Å². The van der Waals surface area contributed by atoms with Gasteiger partial charge in [0.1, 0.15) is 6.61 Å². The number of halogens is 1. The van der Waals surface area contributed by atoms with Gasteiger partial charge in [-0.25, -0.2) is 4.79 Å². The lowest BCUT2D eigenvalue weighted by Crippen LogP contribution is -2.47. The van der Waals surface area contributed by atoms with Crippen LogP contribution in [0.15, 0.2) is 72.8 Å². The maximum atomic E-state index is 13.0. The molecule has 2 atom stereocenters. The molecule has 5 heteroatoms. The van der Waals surface area contributed by atoms with Crippen molar-refractivity contribution in [1.29, 1.82) is 0 Å². The third-order valence-corrected chi connectivity index (χ3v) is 7.13. The van der Waals surface area contributed by atoms with Crippen molar-refractivity contribution in [1.82, 2.24) is 10.6 Å². The molecule has 0 saturated carbocycles. The molecule has 1 aliphatic heterocycles. The van der Waals surface area contributed by atoms with Crippen molar-refractivity contribution in [2.45, 2.75) is 31.2 Å². The Bertz CT molecular complexity index is 1080. The molecular weight excluding hydrogens is 432 g/mol. The summed E-state index contributed by atoms with van der Waals surface area (Å²) >= 11 is 6.20. The Morgan fingerprint density at radius 2 is 1.76 bits per heavy atom. The van der Waals surface area contributed by atoms with Crippen molar-refractivity contribution in [2.75, 3.05) is 19.7 Å². The lowest BCUT2D eigenvalue weighted by atomic mass is 9.88. The van der Waals surface area contributed by atoms with E-state index in [-0.39, 0.29) is 18.1 Å². The first kappa shape index (κ1) is 22.0. The van der Waals surface area contributed by atoms with E-state index in [1.807, 2.05) is 18.2 Å². The van der Waals surface area contributed by atoms with Gasteiger partial charge in [-0.15, -0.1) is 0 Å². The molecule has 4 nitrogen and oxygen atoms in total. The van der Waals surface area contributed by atoms with Gasteiger partial charge in [0.25, 0.3) is 0 Å². The number of alkyl carbamates (subject to hydrolysis) is 1. The molecule has 1 amide bonds. The Kier molecular flexibility index (Phi) is 6.65. The molecule has 5 rings (SSSR count). The van der Waals surface area contributed by atoms with Crippen LogP contribution >= 0.6 is 11.6 Å². The Labute approximate surface area is 200 Å². The van der Waals surface area contributed by atoms with Crippen molar-refractivity contribution >= 4 is 17.7 Å². The summed E-state index contributed by atoms with van der Waals surface area (Å²) in [4.78, 5) is 13.0. The van der Waals surface area contributed by atoms with Crippen molar-refractivity contribution < 1.29 is 9.53 Å². The topological polar surface area (TPSA) is 50.4 Å². The minimum absolute atomic E-state index is 0.00748. The Morgan fingerprint density at radius 1 is 1.03 bits per heavy atom. The number of ether oxygens (including phenoxy) is 1. The minimum Gasteiger partial charge on any atom is -0.449 e. The molecule has 0 aromatic heterocycles. The second-order valence-electron chi connectivity index (χ2n) is 9.02. The molecule has 3 aromatic rings. The summed E-state index contributed by atoms with van der Waals surface area (Å²) in [7, 11) is 0. The summed E-state index contributed by atoms with van der Waals surface area (Å²) in [6.45, 7) is 2.26. The first-order chi connectivity index (χ1) is 16.2. The van der Waals surface area contributed by atoms with Crippen LogP contribution in [0.1, 0.15) is 35.4 Å². The molecule has 1 heterocycles. The van der Waals surface area contributed by atoms with E-state index in [1.54, 1.807) is 0 Å². The van der Waals surface area contributed by atoms with E-state index in [0.717, 1.165) is 37.9 Å². The number of hydrogen-bond acceptors (Lipinski definition) is 3. The lowest BCUT2D eigenvalue weighted by Gasteiger charge is -2.31. The van der Waals surface area contributed by atoms with Crippen LogP contribution in [0.25, 0.3) is 11.1 Å². The third-order valence-electron chi connectivity index (χ3n) is 6.90. The molecule has 1 aliphatic carbocycles. The molecule has 0 radical (unpaired) electrons. The summed E-state index contributed by atoms with van der Waals surface area (Å²) in [5, 5.41) is 7.37. The van der Waals surface area contributed by atoms with Gasteiger partial charge in [-0.1, -0.05) is 72.3 Å². The number of hydrogen-bond donors (Lipinski definition) is 2. The number of carbonyl (C=O) groups excluding carboxylic acids is 1. The highest BCUT2D eigenvalue weighted by Crippen LogP contribution is 2.44. The van der Waals surface area contributed by atoms with E-state index in [9.17, 15) is 4.79 Å². The zero-order valence-corrected chi connectivity index (χ0v) is 19.4. The van der Waals surface area contributed by atoms with Gasteiger partial charge in [-0.05, 0) is 78.2 Å². The summed E-state index contributed by atoms with van der Waals surface area (Å²) in [6, 6.07) is 24.6. The van der Waals surface area contributed by atoms with Gasteiger partial charge >= 0.3 is 6.09 Å². The van der Waals surface area contributed by atoms with Gasteiger partial charge in [0.15, 0.2) is 0 Å². The van der Waals surface area contributed by atoms with Crippen LogP contribution in [0.3, 0.4) is 0 Å². The van der Waals surface area contributed by atoms with Gasteiger partial charge in [0.2, 0.25) is 0 Å². The first-order valence-electron chi connectivity index (χ1n) is 11.8. The predicted molar refractivity (Wildman–Crippen MR) is 133 cm³/mol. The minimum atomic E-state index is -0.352. The van der Waals surface area contributed by atoms with E-state index < -0.39 is 0 Å². The van der Waals surface area contributed by atoms with E-state index >= 15 is 0 Å². The zero-order chi connectivity index (χ0) is 22.6. The van der Waals surface area contributed by atoms with Gasteiger partial charge in [-0.2, -0.15) is 0 Å². The molecule has 170 valence electrons. The van der Waals surface area contributed by atoms with Crippen molar-refractivity contribution in [3.63, 3.8) is 0 Å².